The highest BCUT2D eigenvalue weighted by Crippen LogP contribution is 2.29. The lowest BCUT2D eigenvalue weighted by Crippen LogP contribution is -2.09. The first-order valence-electron chi connectivity index (χ1n) is 8.58. The summed E-state index contributed by atoms with van der Waals surface area (Å²) >= 11 is 0. The number of nitrogens with one attached hydrogen (secondary N) is 1. The second-order valence-electron chi connectivity index (χ2n) is 5.67. The topological polar surface area (TPSA) is 90.7 Å². The van der Waals surface area contributed by atoms with Gasteiger partial charge in [-0.25, -0.2) is 0 Å². The van der Waals surface area contributed by atoms with Gasteiger partial charge >= 0.3 is 0 Å². The van der Waals surface area contributed by atoms with Gasteiger partial charge in [0.15, 0.2) is 11.5 Å². The summed E-state index contributed by atoms with van der Waals surface area (Å²) in [5.41, 5.74) is 1.50. The number of anilines is 1. The summed E-state index contributed by atoms with van der Waals surface area (Å²) in [5, 5.41) is 13.7. The molecule has 0 atom stereocenters. The van der Waals surface area contributed by atoms with E-state index < -0.39 is 10.8 Å². The van der Waals surface area contributed by atoms with Gasteiger partial charge in [-0.15, -0.1) is 0 Å². The second-order valence-corrected chi connectivity index (χ2v) is 5.67. The Bertz CT molecular complexity index is 861. The number of nitro groups is 1. The fourth-order valence-electron chi connectivity index (χ4n) is 2.42. The van der Waals surface area contributed by atoms with Crippen molar-refractivity contribution in [1.82, 2.24) is 0 Å². The minimum Gasteiger partial charge on any atom is -0.490 e. The van der Waals surface area contributed by atoms with E-state index in [0.29, 0.717) is 24.7 Å². The Morgan fingerprint density at radius 1 is 1.11 bits per heavy atom. The van der Waals surface area contributed by atoms with Crippen molar-refractivity contribution in [3.63, 3.8) is 0 Å². The molecule has 2 rings (SSSR count). The van der Waals surface area contributed by atoms with Crippen molar-refractivity contribution >= 4 is 23.4 Å². The zero-order chi connectivity index (χ0) is 19.8. The Labute approximate surface area is 157 Å². The normalized spacial score (nSPS) is 10.6. The van der Waals surface area contributed by atoms with E-state index in [0.717, 1.165) is 11.1 Å². The summed E-state index contributed by atoms with van der Waals surface area (Å²) in [7, 11) is 0. The molecule has 0 saturated heterocycles. The number of amides is 1. The van der Waals surface area contributed by atoms with Crippen LogP contribution in [0.25, 0.3) is 6.08 Å². The Kier molecular flexibility index (Phi) is 6.93. The van der Waals surface area contributed by atoms with Gasteiger partial charge in [-0.05, 0) is 56.2 Å². The highest BCUT2D eigenvalue weighted by molar-refractivity contribution is 6.03. The van der Waals surface area contributed by atoms with Gasteiger partial charge in [0, 0.05) is 12.1 Å². The van der Waals surface area contributed by atoms with Crippen molar-refractivity contribution in [2.75, 3.05) is 18.5 Å². The zero-order valence-corrected chi connectivity index (χ0v) is 15.5. The van der Waals surface area contributed by atoms with Gasteiger partial charge in [0.05, 0.1) is 18.1 Å². The van der Waals surface area contributed by atoms with E-state index >= 15 is 0 Å². The van der Waals surface area contributed by atoms with Crippen molar-refractivity contribution in [2.24, 2.45) is 0 Å². The third-order valence-corrected chi connectivity index (χ3v) is 3.60. The van der Waals surface area contributed by atoms with Gasteiger partial charge in [-0.1, -0.05) is 12.1 Å². The van der Waals surface area contributed by atoms with Crippen LogP contribution in [-0.4, -0.2) is 24.0 Å². The predicted octanol–water partition coefficient (Wildman–Crippen LogP) is 4.35. The number of aryl methyl sites for hydroxylation is 1. The van der Waals surface area contributed by atoms with Gasteiger partial charge in [-0.2, -0.15) is 0 Å². The van der Waals surface area contributed by atoms with Crippen LogP contribution in [-0.2, 0) is 4.79 Å². The number of carbonyl (C=O) groups excluding carboxylic acids is 1. The van der Waals surface area contributed by atoms with Crippen molar-refractivity contribution in [2.45, 2.75) is 20.8 Å². The standard InChI is InChI=1S/C20H22N2O5/c1-4-26-18-10-7-15(13-19(18)27-5-2)8-11-20(23)21-16-9-6-14(3)12-17(16)22(24)25/h6-13H,4-5H2,1-3H3,(H,21,23). The Morgan fingerprint density at radius 2 is 1.81 bits per heavy atom. The van der Waals surface area contributed by atoms with Crippen LogP contribution < -0.4 is 14.8 Å². The van der Waals surface area contributed by atoms with Gasteiger partial charge in [0.25, 0.3) is 5.69 Å². The SMILES string of the molecule is CCOc1ccc(C=CC(=O)Nc2ccc(C)cc2[N+](=O)[O-])cc1OCC. The Balaban J connectivity index is 2.15. The molecule has 0 bridgehead atoms. The first-order valence-corrected chi connectivity index (χ1v) is 8.58. The summed E-state index contributed by atoms with van der Waals surface area (Å²) < 4.78 is 11.1. The molecule has 1 N–H and O–H groups in total. The molecule has 0 spiro atoms. The van der Waals surface area contributed by atoms with Crippen LogP contribution in [0.5, 0.6) is 11.5 Å². The van der Waals surface area contributed by atoms with Gasteiger partial charge in [0.1, 0.15) is 5.69 Å². The molecule has 27 heavy (non-hydrogen) atoms. The molecule has 7 nitrogen and oxygen atoms in total. The number of ether oxygens (including phenoxy) is 2. The number of nitro benzene ring substituents is 1. The summed E-state index contributed by atoms with van der Waals surface area (Å²) in [6.07, 6.45) is 2.92. The fraction of sp³-hybridized carbons (Fsp3) is 0.250. The van der Waals surface area contributed by atoms with Crippen molar-refractivity contribution < 1.29 is 19.2 Å². The smallest absolute Gasteiger partial charge is 0.293 e. The molecule has 2 aromatic carbocycles. The molecule has 0 aromatic heterocycles. The van der Waals surface area contributed by atoms with E-state index in [4.69, 9.17) is 9.47 Å². The van der Waals surface area contributed by atoms with Crippen LogP contribution in [0.15, 0.2) is 42.5 Å². The lowest BCUT2D eigenvalue weighted by molar-refractivity contribution is -0.384. The van der Waals surface area contributed by atoms with Gasteiger partial charge in [-0.3, -0.25) is 14.9 Å². The third-order valence-electron chi connectivity index (χ3n) is 3.60. The number of benzene rings is 2. The van der Waals surface area contributed by atoms with Crippen LogP contribution in [0.4, 0.5) is 11.4 Å². The third kappa shape index (κ3) is 5.57. The molecular formula is C20H22N2O5. The first kappa shape index (κ1) is 20.0. The molecule has 1 amide bonds. The lowest BCUT2D eigenvalue weighted by atomic mass is 10.1. The maximum Gasteiger partial charge on any atom is 0.293 e. The van der Waals surface area contributed by atoms with Crippen molar-refractivity contribution in [3.05, 3.63) is 63.7 Å². The van der Waals surface area contributed by atoms with E-state index in [1.54, 1.807) is 37.3 Å². The molecule has 0 aliphatic carbocycles. The molecule has 0 aliphatic rings. The van der Waals surface area contributed by atoms with Gasteiger partial charge < -0.3 is 14.8 Å². The molecule has 0 heterocycles. The van der Waals surface area contributed by atoms with Crippen LogP contribution >= 0.6 is 0 Å². The summed E-state index contributed by atoms with van der Waals surface area (Å²) in [6, 6.07) is 9.98. The predicted molar refractivity (Wildman–Crippen MR) is 104 cm³/mol. The highest BCUT2D eigenvalue weighted by Gasteiger charge is 2.15. The van der Waals surface area contributed by atoms with Crippen LogP contribution in [0, 0.1) is 17.0 Å². The molecular weight excluding hydrogens is 348 g/mol. The molecule has 0 unspecified atom stereocenters. The van der Waals surface area contributed by atoms with Crippen LogP contribution in [0.2, 0.25) is 0 Å². The van der Waals surface area contributed by atoms with E-state index in [2.05, 4.69) is 5.32 Å². The largest absolute Gasteiger partial charge is 0.490 e. The molecule has 0 fully saturated rings. The minimum atomic E-state index is -0.521. The van der Waals surface area contributed by atoms with E-state index in [1.165, 1.54) is 18.2 Å². The average Bonchev–Trinajstić information content (AvgIpc) is 2.63. The van der Waals surface area contributed by atoms with E-state index in [9.17, 15) is 14.9 Å². The maximum atomic E-state index is 12.1. The number of hydrogen-bond acceptors (Lipinski definition) is 5. The van der Waals surface area contributed by atoms with Crippen molar-refractivity contribution in [3.8, 4) is 11.5 Å². The Morgan fingerprint density at radius 3 is 2.48 bits per heavy atom. The number of rotatable bonds is 8. The molecule has 7 heteroatoms. The minimum absolute atomic E-state index is 0.142. The monoisotopic (exact) mass is 370 g/mol. The lowest BCUT2D eigenvalue weighted by Gasteiger charge is -2.11. The number of carbonyl (C=O) groups is 1. The summed E-state index contributed by atoms with van der Waals surface area (Å²) in [6.45, 7) is 6.52. The summed E-state index contributed by atoms with van der Waals surface area (Å²) in [5.74, 6) is 0.765. The van der Waals surface area contributed by atoms with E-state index in [1.807, 2.05) is 13.8 Å². The van der Waals surface area contributed by atoms with Crippen molar-refractivity contribution in [1.29, 1.82) is 0 Å². The molecule has 2 aromatic rings. The Hall–Kier alpha value is -3.35. The highest BCUT2D eigenvalue weighted by atomic mass is 16.6. The quantitative estimate of drug-likeness (QED) is 0.424. The zero-order valence-electron chi connectivity index (χ0n) is 15.5. The van der Waals surface area contributed by atoms with Gasteiger partial charge in [0.2, 0.25) is 5.91 Å². The fourth-order valence-corrected chi connectivity index (χ4v) is 2.42. The second kappa shape index (κ2) is 9.38. The molecule has 0 radical (unpaired) electrons. The molecule has 0 saturated carbocycles. The molecule has 142 valence electrons. The molecule has 0 aliphatic heterocycles. The first-order chi connectivity index (χ1) is 12.9. The average molecular weight is 370 g/mol. The van der Waals surface area contributed by atoms with Crippen LogP contribution in [0.1, 0.15) is 25.0 Å². The summed E-state index contributed by atoms with van der Waals surface area (Å²) in [4.78, 5) is 22.8. The maximum absolute atomic E-state index is 12.1. The number of hydrogen-bond donors (Lipinski definition) is 1. The van der Waals surface area contributed by atoms with Crippen LogP contribution in [0.3, 0.4) is 0 Å². The van der Waals surface area contributed by atoms with E-state index in [-0.39, 0.29) is 11.4 Å². The number of nitrogens with zero attached hydrogens (tertiary/aromatic N) is 1.